The molecule has 26 heavy (non-hydrogen) atoms. The van der Waals surface area contributed by atoms with Crippen LogP contribution in [-0.2, 0) is 0 Å². The summed E-state index contributed by atoms with van der Waals surface area (Å²) in [7, 11) is 1.51. The summed E-state index contributed by atoms with van der Waals surface area (Å²) >= 11 is 6.02. The van der Waals surface area contributed by atoms with Gasteiger partial charge in [-0.25, -0.2) is 9.78 Å². The Morgan fingerprint density at radius 2 is 2.27 bits per heavy atom. The van der Waals surface area contributed by atoms with Crippen LogP contribution in [-0.4, -0.2) is 29.8 Å². The Hall–Kier alpha value is -2.98. The van der Waals surface area contributed by atoms with Crippen LogP contribution in [0.15, 0.2) is 36.5 Å². The molecule has 0 saturated carbocycles. The smallest absolute Gasteiger partial charge is 0.404 e. The number of hydrogen-bond donors (Lipinski definition) is 2. The molecule has 2 aromatic rings. The fourth-order valence-corrected chi connectivity index (χ4v) is 2.58. The number of amides is 1. The summed E-state index contributed by atoms with van der Waals surface area (Å²) in [6.45, 7) is 0.276. The Bertz CT molecular complexity index is 807. The second-order valence-corrected chi connectivity index (χ2v) is 5.77. The first-order chi connectivity index (χ1) is 12.5. The van der Waals surface area contributed by atoms with Gasteiger partial charge in [0.05, 0.1) is 18.2 Å². The van der Waals surface area contributed by atoms with E-state index in [0.717, 1.165) is 0 Å². The second kappa shape index (κ2) is 9.49. The van der Waals surface area contributed by atoms with Crippen LogP contribution in [0.4, 0.5) is 4.79 Å². The van der Waals surface area contributed by atoms with E-state index < -0.39 is 12.2 Å². The van der Waals surface area contributed by atoms with E-state index in [9.17, 15) is 10.1 Å². The number of halogens is 1. The molecule has 1 aromatic carbocycles. The number of carboxylic acid groups (broad SMARTS) is 1. The van der Waals surface area contributed by atoms with Gasteiger partial charge in [0.25, 0.3) is 0 Å². The van der Waals surface area contributed by atoms with Gasteiger partial charge >= 0.3 is 6.09 Å². The van der Waals surface area contributed by atoms with Gasteiger partial charge in [-0.3, -0.25) is 0 Å². The monoisotopic (exact) mass is 375 g/mol. The number of nitrogens with one attached hydrogen (secondary N) is 1. The quantitative estimate of drug-likeness (QED) is 0.680. The summed E-state index contributed by atoms with van der Waals surface area (Å²) in [6.07, 6.45) is 1.05. The predicted octanol–water partition coefficient (Wildman–Crippen LogP) is 3.78. The van der Waals surface area contributed by atoms with Crippen LogP contribution in [0.5, 0.6) is 11.6 Å². The lowest BCUT2D eigenvalue weighted by Gasteiger charge is -2.21. The van der Waals surface area contributed by atoms with Gasteiger partial charge in [0.15, 0.2) is 0 Å². The summed E-state index contributed by atoms with van der Waals surface area (Å²) in [4.78, 5) is 14.8. The summed E-state index contributed by atoms with van der Waals surface area (Å²) in [6, 6.07) is 10.4. The predicted molar refractivity (Wildman–Crippen MR) is 95.6 cm³/mol. The lowest BCUT2D eigenvalue weighted by molar-refractivity contribution is 0.180. The van der Waals surface area contributed by atoms with Crippen molar-refractivity contribution in [3.05, 3.63) is 52.7 Å². The molecule has 136 valence electrons. The first kappa shape index (κ1) is 19.3. The first-order valence-electron chi connectivity index (χ1n) is 7.87. The van der Waals surface area contributed by atoms with E-state index in [2.05, 4.69) is 16.4 Å². The summed E-state index contributed by atoms with van der Waals surface area (Å²) < 4.78 is 11.3. The molecule has 0 saturated heterocycles. The van der Waals surface area contributed by atoms with Crippen molar-refractivity contribution >= 4 is 17.7 Å². The summed E-state index contributed by atoms with van der Waals surface area (Å²) in [5, 5.41) is 20.7. The topological polar surface area (TPSA) is 104 Å². The molecule has 0 bridgehead atoms. The van der Waals surface area contributed by atoms with Gasteiger partial charge in [0, 0.05) is 23.8 Å². The molecule has 1 amide bonds. The highest BCUT2D eigenvalue weighted by molar-refractivity contribution is 6.30. The zero-order valence-electron chi connectivity index (χ0n) is 14.1. The highest BCUT2D eigenvalue weighted by Gasteiger charge is 2.20. The highest BCUT2D eigenvalue weighted by Crippen LogP contribution is 2.33. The zero-order chi connectivity index (χ0) is 18.9. The van der Waals surface area contributed by atoms with Crippen LogP contribution in [0.25, 0.3) is 0 Å². The molecule has 0 spiro atoms. The van der Waals surface area contributed by atoms with Crippen LogP contribution in [0, 0.1) is 11.3 Å². The molecule has 1 aromatic heterocycles. The van der Waals surface area contributed by atoms with E-state index in [1.807, 2.05) is 6.07 Å². The average Bonchev–Trinajstić information content (AvgIpc) is 2.64. The van der Waals surface area contributed by atoms with Crippen molar-refractivity contribution in [3.8, 4) is 17.7 Å². The van der Waals surface area contributed by atoms with E-state index in [0.29, 0.717) is 40.6 Å². The van der Waals surface area contributed by atoms with E-state index in [1.165, 1.54) is 7.11 Å². The Balaban J connectivity index is 2.27. The van der Waals surface area contributed by atoms with E-state index >= 15 is 0 Å². The number of nitriles is 1. The molecule has 1 unspecified atom stereocenters. The first-order valence-corrected chi connectivity index (χ1v) is 8.25. The molecule has 2 rings (SSSR count). The largest absolute Gasteiger partial charge is 0.484 e. The molecule has 8 heteroatoms. The normalized spacial score (nSPS) is 11.3. The number of benzene rings is 1. The maximum Gasteiger partial charge on any atom is 0.404 e. The molecular weight excluding hydrogens is 358 g/mol. The average molecular weight is 376 g/mol. The third kappa shape index (κ3) is 5.26. The minimum absolute atomic E-state index is 0.276. The van der Waals surface area contributed by atoms with Crippen molar-refractivity contribution in [1.82, 2.24) is 10.3 Å². The summed E-state index contributed by atoms with van der Waals surface area (Å²) in [5.41, 5.74) is 1.06. The van der Waals surface area contributed by atoms with Gasteiger partial charge < -0.3 is 19.9 Å². The molecule has 0 radical (unpaired) electrons. The standard InChI is InChI=1S/C18H18ClN3O4/c1-25-17-14(4-2-8-21-17)15(5-3-9-22-18(23)24)26-16-10-13(19)7-6-12(16)11-20/h2,4,6-8,10,15,22H,3,5,9H2,1H3,(H,23,24). The Labute approximate surface area is 156 Å². The fourth-order valence-electron chi connectivity index (χ4n) is 2.42. The lowest BCUT2D eigenvalue weighted by atomic mass is 10.1. The highest BCUT2D eigenvalue weighted by atomic mass is 35.5. The van der Waals surface area contributed by atoms with Gasteiger partial charge in [0.2, 0.25) is 5.88 Å². The fraction of sp³-hybridized carbons (Fsp3) is 0.278. The van der Waals surface area contributed by atoms with Gasteiger partial charge in [-0.2, -0.15) is 5.26 Å². The second-order valence-electron chi connectivity index (χ2n) is 5.33. The van der Waals surface area contributed by atoms with Crippen molar-refractivity contribution in [2.45, 2.75) is 18.9 Å². The third-order valence-corrected chi connectivity index (χ3v) is 3.83. The Morgan fingerprint density at radius 3 is 2.96 bits per heavy atom. The third-order valence-electron chi connectivity index (χ3n) is 3.59. The number of hydrogen-bond acceptors (Lipinski definition) is 5. The number of pyridine rings is 1. The molecule has 2 N–H and O–H groups in total. The van der Waals surface area contributed by atoms with Crippen LogP contribution in [0.3, 0.4) is 0 Å². The number of rotatable bonds is 8. The van der Waals surface area contributed by atoms with Crippen molar-refractivity contribution < 1.29 is 19.4 Å². The number of nitrogens with zero attached hydrogens (tertiary/aromatic N) is 2. The SMILES string of the molecule is COc1ncccc1C(CCCNC(=O)O)Oc1cc(Cl)ccc1C#N. The van der Waals surface area contributed by atoms with Crippen LogP contribution in [0.1, 0.15) is 30.1 Å². The van der Waals surface area contributed by atoms with Crippen molar-refractivity contribution in [3.63, 3.8) is 0 Å². The van der Waals surface area contributed by atoms with E-state index in [4.69, 9.17) is 26.2 Å². The zero-order valence-corrected chi connectivity index (χ0v) is 14.9. The maximum absolute atomic E-state index is 10.6. The molecule has 1 heterocycles. The number of aromatic nitrogens is 1. The molecule has 0 aliphatic rings. The van der Waals surface area contributed by atoms with Gasteiger partial charge in [-0.1, -0.05) is 11.6 Å². The number of ether oxygens (including phenoxy) is 2. The molecule has 0 fully saturated rings. The van der Waals surface area contributed by atoms with Gasteiger partial charge in [-0.05, 0) is 37.1 Å². The Kier molecular flexibility index (Phi) is 7.06. The number of carbonyl (C=O) groups is 1. The molecular formula is C18H18ClN3O4. The lowest BCUT2D eigenvalue weighted by Crippen LogP contribution is -2.22. The van der Waals surface area contributed by atoms with Crippen LogP contribution in [0.2, 0.25) is 5.02 Å². The van der Waals surface area contributed by atoms with E-state index in [1.54, 1.807) is 30.5 Å². The van der Waals surface area contributed by atoms with Crippen molar-refractivity contribution in [1.29, 1.82) is 5.26 Å². The molecule has 0 aliphatic heterocycles. The molecule has 1 atom stereocenters. The van der Waals surface area contributed by atoms with Crippen molar-refractivity contribution in [2.24, 2.45) is 0 Å². The van der Waals surface area contributed by atoms with Crippen LogP contribution < -0.4 is 14.8 Å². The minimum atomic E-state index is -1.08. The summed E-state index contributed by atoms with van der Waals surface area (Å²) in [5.74, 6) is 0.756. The van der Waals surface area contributed by atoms with Gasteiger partial charge in [-0.15, -0.1) is 0 Å². The van der Waals surface area contributed by atoms with Crippen molar-refractivity contribution in [2.75, 3.05) is 13.7 Å². The molecule has 7 nitrogen and oxygen atoms in total. The van der Waals surface area contributed by atoms with Crippen LogP contribution >= 0.6 is 11.6 Å². The van der Waals surface area contributed by atoms with Gasteiger partial charge in [0.1, 0.15) is 17.9 Å². The van der Waals surface area contributed by atoms with E-state index in [-0.39, 0.29) is 6.54 Å². The number of methoxy groups -OCH3 is 1. The Morgan fingerprint density at radius 1 is 1.46 bits per heavy atom. The minimum Gasteiger partial charge on any atom is -0.484 e. The maximum atomic E-state index is 10.6. The molecule has 0 aliphatic carbocycles.